The first kappa shape index (κ1) is 14.0. The van der Waals surface area contributed by atoms with Gasteiger partial charge in [-0.1, -0.05) is 66.7 Å². The summed E-state index contributed by atoms with van der Waals surface area (Å²) in [5.74, 6) is 0. The standard InChI is InChI=1S/C23H14N2S/c1-2-7-15(8-3-1)23-25-22-19(26-23)13-11-17-20-16-9-5-4-6-14(16)10-12-18(20)24-21(17)22/h1-13,24H. The average molecular weight is 350 g/mol. The minimum Gasteiger partial charge on any atom is -0.353 e. The summed E-state index contributed by atoms with van der Waals surface area (Å²) < 4.78 is 1.22. The molecule has 0 amide bonds. The van der Waals surface area contributed by atoms with Crippen LogP contribution in [0.15, 0.2) is 78.9 Å². The monoisotopic (exact) mass is 350 g/mol. The SMILES string of the molecule is c1ccc(-c2nc3c(ccc4c3[nH]c3ccc5ccccc5c34)s2)cc1. The third kappa shape index (κ3) is 1.89. The number of aromatic nitrogens is 2. The fraction of sp³-hybridized carbons (Fsp3) is 0. The van der Waals surface area contributed by atoms with Gasteiger partial charge in [-0.15, -0.1) is 11.3 Å². The van der Waals surface area contributed by atoms with Crippen LogP contribution < -0.4 is 0 Å². The van der Waals surface area contributed by atoms with E-state index in [0.717, 1.165) is 16.0 Å². The van der Waals surface area contributed by atoms with Crippen molar-refractivity contribution in [1.29, 1.82) is 0 Å². The minimum absolute atomic E-state index is 1.06. The second-order valence-electron chi connectivity index (χ2n) is 6.55. The molecular weight excluding hydrogens is 336 g/mol. The quantitative estimate of drug-likeness (QED) is 0.349. The van der Waals surface area contributed by atoms with Crippen LogP contribution in [-0.2, 0) is 0 Å². The Morgan fingerprint density at radius 2 is 1.58 bits per heavy atom. The Balaban J connectivity index is 1.73. The summed E-state index contributed by atoms with van der Waals surface area (Å²) in [4.78, 5) is 8.60. The van der Waals surface area contributed by atoms with Gasteiger partial charge in [0.2, 0.25) is 0 Å². The van der Waals surface area contributed by atoms with E-state index in [1.54, 1.807) is 11.3 Å². The molecule has 4 aromatic carbocycles. The lowest BCUT2D eigenvalue weighted by molar-refractivity contribution is 1.47. The molecular formula is C23H14N2S. The molecule has 2 aromatic heterocycles. The molecule has 0 aliphatic carbocycles. The van der Waals surface area contributed by atoms with Gasteiger partial charge in [-0.25, -0.2) is 4.98 Å². The van der Waals surface area contributed by atoms with Gasteiger partial charge in [0.15, 0.2) is 0 Å². The molecule has 0 radical (unpaired) electrons. The molecule has 6 rings (SSSR count). The fourth-order valence-corrected chi connectivity index (χ4v) is 4.81. The number of thiazole rings is 1. The molecule has 0 saturated heterocycles. The van der Waals surface area contributed by atoms with Gasteiger partial charge in [0.1, 0.15) is 10.5 Å². The van der Waals surface area contributed by atoms with E-state index in [4.69, 9.17) is 4.98 Å². The molecule has 3 heteroatoms. The molecule has 0 atom stereocenters. The zero-order valence-corrected chi connectivity index (χ0v) is 14.7. The van der Waals surface area contributed by atoms with E-state index in [1.165, 1.54) is 37.3 Å². The van der Waals surface area contributed by atoms with E-state index in [-0.39, 0.29) is 0 Å². The summed E-state index contributed by atoms with van der Waals surface area (Å²) in [5.41, 5.74) is 4.53. The number of benzene rings is 4. The Morgan fingerprint density at radius 3 is 2.50 bits per heavy atom. The fourth-order valence-electron chi connectivity index (χ4n) is 3.83. The van der Waals surface area contributed by atoms with Gasteiger partial charge in [0, 0.05) is 21.9 Å². The van der Waals surface area contributed by atoms with Gasteiger partial charge in [-0.2, -0.15) is 0 Å². The van der Waals surface area contributed by atoms with Crippen LogP contribution in [0.25, 0.3) is 53.4 Å². The average Bonchev–Trinajstić information content (AvgIpc) is 3.30. The lowest BCUT2D eigenvalue weighted by Gasteiger charge is -1.99. The molecule has 122 valence electrons. The molecule has 2 heterocycles. The van der Waals surface area contributed by atoms with Crippen LogP contribution >= 0.6 is 11.3 Å². The molecule has 0 fully saturated rings. The zero-order valence-electron chi connectivity index (χ0n) is 13.9. The Morgan fingerprint density at radius 1 is 0.731 bits per heavy atom. The number of hydrogen-bond donors (Lipinski definition) is 1. The van der Waals surface area contributed by atoms with Crippen molar-refractivity contribution in [2.24, 2.45) is 0 Å². The molecule has 0 saturated carbocycles. The number of H-pyrrole nitrogens is 1. The smallest absolute Gasteiger partial charge is 0.124 e. The number of aromatic amines is 1. The highest BCUT2D eigenvalue weighted by molar-refractivity contribution is 7.21. The topological polar surface area (TPSA) is 28.7 Å². The third-order valence-corrected chi connectivity index (χ3v) is 6.11. The number of nitrogens with zero attached hydrogens (tertiary/aromatic N) is 1. The van der Waals surface area contributed by atoms with Gasteiger partial charge in [0.05, 0.1) is 10.2 Å². The van der Waals surface area contributed by atoms with Crippen molar-refractivity contribution < 1.29 is 0 Å². The normalized spacial score (nSPS) is 11.8. The van der Waals surface area contributed by atoms with E-state index in [0.29, 0.717) is 0 Å². The maximum atomic E-state index is 4.97. The third-order valence-electron chi connectivity index (χ3n) is 5.04. The van der Waals surface area contributed by atoms with Crippen LogP contribution in [0.4, 0.5) is 0 Å². The van der Waals surface area contributed by atoms with E-state index in [2.05, 4.69) is 77.8 Å². The molecule has 0 aliphatic heterocycles. The van der Waals surface area contributed by atoms with Crippen molar-refractivity contribution in [1.82, 2.24) is 9.97 Å². The largest absolute Gasteiger partial charge is 0.353 e. The summed E-state index contributed by atoms with van der Waals surface area (Å²) in [7, 11) is 0. The number of hydrogen-bond acceptors (Lipinski definition) is 2. The lowest BCUT2D eigenvalue weighted by Crippen LogP contribution is -1.76. The van der Waals surface area contributed by atoms with Crippen LogP contribution in [0.3, 0.4) is 0 Å². The minimum atomic E-state index is 1.06. The molecule has 0 spiro atoms. The molecule has 0 bridgehead atoms. The first-order chi connectivity index (χ1) is 12.9. The van der Waals surface area contributed by atoms with Crippen molar-refractivity contribution in [3.63, 3.8) is 0 Å². The maximum absolute atomic E-state index is 4.97. The first-order valence-corrected chi connectivity index (χ1v) is 9.48. The predicted molar refractivity (Wildman–Crippen MR) is 112 cm³/mol. The zero-order chi connectivity index (χ0) is 17.1. The Labute approximate surface area is 153 Å². The van der Waals surface area contributed by atoms with Gasteiger partial charge in [0.25, 0.3) is 0 Å². The van der Waals surface area contributed by atoms with Crippen LogP contribution in [0.1, 0.15) is 0 Å². The van der Waals surface area contributed by atoms with E-state index >= 15 is 0 Å². The second-order valence-corrected chi connectivity index (χ2v) is 7.58. The molecule has 1 N–H and O–H groups in total. The Bertz CT molecular complexity index is 1420. The Kier molecular flexibility index (Phi) is 2.79. The summed E-state index contributed by atoms with van der Waals surface area (Å²) in [6.07, 6.45) is 0. The summed E-state index contributed by atoms with van der Waals surface area (Å²) in [6, 6.07) is 27.8. The number of rotatable bonds is 1. The Hall–Kier alpha value is -3.17. The van der Waals surface area contributed by atoms with E-state index in [9.17, 15) is 0 Å². The van der Waals surface area contributed by atoms with Crippen LogP contribution in [0.5, 0.6) is 0 Å². The molecule has 26 heavy (non-hydrogen) atoms. The van der Waals surface area contributed by atoms with Gasteiger partial charge in [-0.3, -0.25) is 0 Å². The number of fused-ring (bicyclic) bond motifs is 7. The van der Waals surface area contributed by atoms with Crippen LogP contribution in [0, 0.1) is 0 Å². The first-order valence-electron chi connectivity index (χ1n) is 8.66. The van der Waals surface area contributed by atoms with Crippen LogP contribution in [-0.4, -0.2) is 9.97 Å². The highest BCUT2D eigenvalue weighted by atomic mass is 32.1. The van der Waals surface area contributed by atoms with Crippen molar-refractivity contribution in [3.05, 3.63) is 78.9 Å². The molecule has 0 aliphatic rings. The lowest BCUT2D eigenvalue weighted by atomic mass is 10.0. The van der Waals surface area contributed by atoms with Gasteiger partial charge < -0.3 is 4.98 Å². The molecule has 2 nitrogen and oxygen atoms in total. The summed E-state index contributed by atoms with van der Waals surface area (Å²) in [6.45, 7) is 0. The second kappa shape index (κ2) is 5.16. The van der Waals surface area contributed by atoms with Crippen LogP contribution in [0.2, 0.25) is 0 Å². The predicted octanol–water partition coefficient (Wildman–Crippen LogP) is 6.75. The van der Waals surface area contributed by atoms with Crippen molar-refractivity contribution in [3.8, 4) is 10.6 Å². The highest BCUT2D eigenvalue weighted by Crippen LogP contribution is 2.38. The van der Waals surface area contributed by atoms with Crippen molar-refractivity contribution in [2.45, 2.75) is 0 Å². The highest BCUT2D eigenvalue weighted by Gasteiger charge is 2.14. The number of nitrogens with one attached hydrogen (secondary N) is 1. The van der Waals surface area contributed by atoms with Gasteiger partial charge in [-0.05, 0) is 22.9 Å². The van der Waals surface area contributed by atoms with E-state index in [1.807, 2.05) is 6.07 Å². The van der Waals surface area contributed by atoms with Crippen molar-refractivity contribution in [2.75, 3.05) is 0 Å². The van der Waals surface area contributed by atoms with Gasteiger partial charge >= 0.3 is 0 Å². The molecule has 0 unspecified atom stereocenters. The summed E-state index contributed by atoms with van der Waals surface area (Å²) >= 11 is 1.75. The van der Waals surface area contributed by atoms with E-state index < -0.39 is 0 Å². The molecule has 6 aromatic rings. The summed E-state index contributed by atoms with van der Waals surface area (Å²) in [5, 5.41) is 6.15. The van der Waals surface area contributed by atoms with Crippen molar-refractivity contribution >= 4 is 54.1 Å². The maximum Gasteiger partial charge on any atom is 0.124 e.